The van der Waals surface area contributed by atoms with E-state index in [1.54, 1.807) is 0 Å². The number of nitrogen functional groups attached to an aromatic ring is 1. The van der Waals surface area contributed by atoms with E-state index in [-0.39, 0.29) is 0 Å². The quantitative estimate of drug-likeness (QED) is 0.858. The van der Waals surface area contributed by atoms with Crippen molar-refractivity contribution in [1.82, 2.24) is 9.97 Å². The minimum Gasteiger partial charge on any atom is -0.383 e. The molecule has 104 valence electrons. The number of anilines is 3. The van der Waals surface area contributed by atoms with Gasteiger partial charge >= 0.3 is 0 Å². The average Bonchev–Trinajstić information content (AvgIpc) is 3.24. The summed E-state index contributed by atoms with van der Waals surface area (Å²) in [4.78, 5) is 8.96. The SMILES string of the molecule is Cc1c(N)nc(C2CC2)nc1Nc1cccc(Cl)c1Br. The van der Waals surface area contributed by atoms with Gasteiger partial charge in [0.25, 0.3) is 0 Å². The zero-order valence-electron chi connectivity index (χ0n) is 11.0. The molecule has 3 rings (SSSR count). The molecule has 0 unspecified atom stereocenters. The van der Waals surface area contributed by atoms with Crippen molar-refractivity contribution in [3.05, 3.63) is 39.1 Å². The Bertz CT molecular complexity index is 670. The van der Waals surface area contributed by atoms with Crippen molar-refractivity contribution in [2.45, 2.75) is 25.7 Å². The molecule has 1 aromatic carbocycles. The molecule has 2 aromatic rings. The molecule has 0 aliphatic heterocycles. The van der Waals surface area contributed by atoms with Crippen molar-refractivity contribution in [1.29, 1.82) is 0 Å². The van der Waals surface area contributed by atoms with Crippen LogP contribution >= 0.6 is 27.5 Å². The summed E-state index contributed by atoms with van der Waals surface area (Å²) >= 11 is 9.57. The molecule has 0 radical (unpaired) electrons. The second-order valence-corrected chi connectivity index (χ2v) is 6.14. The topological polar surface area (TPSA) is 63.8 Å². The molecule has 1 aromatic heterocycles. The van der Waals surface area contributed by atoms with E-state index in [0.29, 0.717) is 16.8 Å². The molecular weight excluding hydrogens is 340 g/mol. The van der Waals surface area contributed by atoms with Crippen molar-refractivity contribution in [3.8, 4) is 0 Å². The second kappa shape index (κ2) is 5.22. The van der Waals surface area contributed by atoms with Crippen LogP contribution < -0.4 is 11.1 Å². The third-order valence-corrected chi connectivity index (χ3v) is 4.75. The molecule has 3 N–H and O–H groups in total. The van der Waals surface area contributed by atoms with Gasteiger partial charge in [0, 0.05) is 11.5 Å². The lowest BCUT2D eigenvalue weighted by Gasteiger charge is -2.13. The van der Waals surface area contributed by atoms with Crippen molar-refractivity contribution < 1.29 is 0 Å². The van der Waals surface area contributed by atoms with E-state index in [2.05, 4.69) is 31.2 Å². The zero-order chi connectivity index (χ0) is 14.3. The smallest absolute Gasteiger partial charge is 0.139 e. The highest BCUT2D eigenvalue weighted by molar-refractivity contribution is 9.10. The molecule has 1 saturated carbocycles. The number of hydrogen-bond donors (Lipinski definition) is 2. The van der Waals surface area contributed by atoms with Crippen LogP contribution in [-0.2, 0) is 0 Å². The molecule has 20 heavy (non-hydrogen) atoms. The van der Waals surface area contributed by atoms with Gasteiger partial charge in [-0.15, -0.1) is 0 Å². The number of rotatable bonds is 3. The molecule has 1 aliphatic rings. The fraction of sp³-hybridized carbons (Fsp3) is 0.286. The summed E-state index contributed by atoms with van der Waals surface area (Å²) in [6.45, 7) is 1.91. The number of aromatic nitrogens is 2. The van der Waals surface area contributed by atoms with Crippen LogP contribution in [0.4, 0.5) is 17.3 Å². The fourth-order valence-electron chi connectivity index (χ4n) is 1.93. The Hall–Kier alpha value is -1.33. The predicted octanol–water partition coefficient (Wildman–Crippen LogP) is 4.40. The third-order valence-electron chi connectivity index (χ3n) is 3.35. The van der Waals surface area contributed by atoms with Gasteiger partial charge in [0.05, 0.1) is 15.2 Å². The highest BCUT2D eigenvalue weighted by atomic mass is 79.9. The van der Waals surface area contributed by atoms with E-state index in [9.17, 15) is 0 Å². The first-order valence-corrected chi connectivity index (χ1v) is 7.58. The van der Waals surface area contributed by atoms with Crippen molar-refractivity contribution in [2.24, 2.45) is 0 Å². The Morgan fingerprint density at radius 1 is 1.35 bits per heavy atom. The number of halogens is 2. The number of nitrogens with two attached hydrogens (primary N) is 1. The minimum absolute atomic E-state index is 0.459. The van der Waals surface area contributed by atoms with Gasteiger partial charge in [-0.25, -0.2) is 9.97 Å². The molecule has 1 fully saturated rings. The van der Waals surface area contributed by atoms with Gasteiger partial charge in [-0.05, 0) is 47.8 Å². The number of nitrogens with one attached hydrogen (secondary N) is 1. The maximum atomic E-state index is 6.10. The summed E-state index contributed by atoms with van der Waals surface area (Å²) in [7, 11) is 0. The van der Waals surface area contributed by atoms with E-state index >= 15 is 0 Å². The highest BCUT2D eigenvalue weighted by Gasteiger charge is 2.28. The molecule has 0 bridgehead atoms. The number of nitrogens with zero attached hydrogens (tertiary/aromatic N) is 2. The van der Waals surface area contributed by atoms with Crippen LogP contribution in [-0.4, -0.2) is 9.97 Å². The molecule has 0 saturated heterocycles. The predicted molar refractivity (Wildman–Crippen MR) is 85.6 cm³/mol. The Labute approximate surface area is 130 Å². The first-order chi connectivity index (χ1) is 9.56. The van der Waals surface area contributed by atoms with E-state index < -0.39 is 0 Å². The second-order valence-electron chi connectivity index (χ2n) is 4.94. The van der Waals surface area contributed by atoms with Gasteiger partial charge < -0.3 is 11.1 Å². The monoisotopic (exact) mass is 352 g/mol. The van der Waals surface area contributed by atoms with Gasteiger partial charge in [-0.2, -0.15) is 0 Å². The van der Waals surface area contributed by atoms with Crippen molar-refractivity contribution in [2.75, 3.05) is 11.1 Å². The first-order valence-electron chi connectivity index (χ1n) is 6.41. The Kier molecular flexibility index (Phi) is 3.56. The van der Waals surface area contributed by atoms with E-state index in [4.69, 9.17) is 17.3 Å². The molecule has 1 aliphatic carbocycles. The Morgan fingerprint density at radius 2 is 2.10 bits per heavy atom. The molecular formula is C14H14BrClN4. The highest BCUT2D eigenvalue weighted by Crippen LogP contribution is 2.40. The largest absolute Gasteiger partial charge is 0.383 e. The standard InChI is InChI=1S/C14H14BrClN4/c1-7-12(17)19-14(8-5-6-8)20-13(7)18-10-4-2-3-9(16)11(10)15/h2-4,8H,5-6H2,1H3,(H3,17,18,19,20). The lowest BCUT2D eigenvalue weighted by Crippen LogP contribution is -2.06. The van der Waals surface area contributed by atoms with E-state index in [0.717, 1.165) is 40.2 Å². The molecule has 0 amide bonds. The summed E-state index contributed by atoms with van der Waals surface area (Å²) in [5, 5.41) is 3.93. The molecule has 0 spiro atoms. The lowest BCUT2D eigenvalue weighted by atomic mass is 10.2. The van der Waals surface area contributed by atoms with Crippen LogP contribution in [0.1, 0.15) is 30.1 Å². The van der Waals surface area contributed by atoms with Gasteiger partial charge in [-0.3, -0.25) is 0 Å². The molecule has 1 heterocycles. The number of benzene rings is 1. The molecule has 6 heteroatoms. The van der Waals surface area contributed by atoms with Crippen molar-refractivity contribution >= 4 is 44.9 Å². The summed E-state index contributed by atoms with van der Waals surface area (Å²) in [5.74, 6) is 2.56. The Morgan fingerprint density at radius 3 is 2.80 bits per heavy atom. The Balaban J connectivity index is 1.99. The van der Waals surface area contributed by atoms with Gasteiger partial charge in [-0.1, -0.05) is 17.7 Å². The zero-order valence-corrected chi connectivity index (χ0v) is 13.3. The molecule has 0 atom stereocenters. The normalized spacial score (nSPS) is 14.3. The van der Waals surface area contributed by atoms with E-state index in [1.165, 1.54) is 0 Å². The van der Waals surface area contributed by atoms with Crippen LogP contribution in [0.25, 0.3) is 0 Å². The maximum Gasteiger partial charge on any atom is 0.139 e. The summed E-state index contributed by atoms with van der Waals surface area (Å²) in [6, 6.07) is 5.65. The first kappa shape index (κ1) is 13.6. The maximum absolute atomic E-state index is 6.10. The summed E-state index contributed by atoms with van der Waals surface area (Å²) in [5.41, 5.74) is 7.69. The van der Waals surface area contributed by atoms with Gasteiger partial charge in [0.2, 0.25) is 0 Å². The van der Waals surface area contributed by atoms with Crippen molar-refractivity contribution in [3.63, 3.8) is 0 Å². The average molecular weight is 354 g/mol. The lowest BCUT2D eigenvalue weighted by molar-refractivity contribution is 0.927. The van der Waals surface area contributed by atoms with Crippen LogP contribution in [0.3, 0.4) is 0 Å². The van der Waals surface area contributed by atoms with Crippen LogP contribution in [0.15, 0.2) is 22.7 Å². The number of hydrogen-bond acceptors (Lipinski definition) is 4. The summed E-state index contributed by atoms with van der Waals surface area (Å²) < 4.78 is 0.811. The fourth-order valence-corrected chi connectivity index (χ4v) is 2.46. The minimum atomic E-state index is 0.459. The van der Waals surface area contributed by atoms with E-state index in [1.807, 2.05) is 25.1 Å². The van der Waals surface area contributed by atoms with Gasteiger partial charge in [0.15, 0.2) is 0 Å². The molecule has 4 nitrogen and oxygen atoms in total. The third kappa shape index (κ3) is 2.60. The van der Waals surface area contributed by atoms with Crippen LogP contribution in [0.5, 0.6) is 0 Å². The van der Waals surface area contributed by atoms with Crippen LogP contribution in [0, 0.1) is 6.92 Å². The van der Waals surface area contributed by atoms with Crippen LogP contribution in [0.2, 0.25) is 5.02 Å². The summed E-state index contributed by atoms with van der Waals surface area (Å²) in [6.07, 6.45) is 2.28. The van der Waals surface area contributed by atoms with Gasteiger partial charge in [0.1, 0.15) is 17.5 Å².